The highest BCUT2D eigenvalue weighted by Gasteiger charge is 2.49. The number of likely N-dealkylation sites (tertiary alicyclic amines) is 1. The van der Waals surface area contributed by atoms with Crippen LogP contribution in [0.4, 0.5) is 5.82 Å². The third kappa shape index (κ3) is 5.11. The maximum Gasteiger partial charge on any atom is 0.248 e. The van der Waals surface area contributed by atoms with Gasteiger partial charge in [0.1, 0.15) is 23.3 Å². The molecule has 11 nitrogen and oxygen atoms in total. The standard InChI is InChI=1S/C29H41ClN8O3S/c1-29(20-9-11-21(30)12-10-20)28(39)37-14-5-4-8-24(37)23-16-26-32-25(36-18-22(31)19-36)17-27(38(26)33-23)34(2)13-6-7-15-42(40,41)35(29)3/h9-12,16-17,22,24-25,32H,4-8,13-15,18-19,31H2,1-3H3. The molecular formula is C29H41ClN8O3S. The fraction of sp³-hybridized carbons (Fsp3) is 0.586. The van der Waals surface area contributed by atoms with Gasteiger partial charge in [-0.05, 0) is 62.8 Å². The lowest BCUT2D eigenvalue weighted by Gasteiger charge is -2.44. The summed E-state index contributed by atoms with van der Waals surface area (Å²) >= 11 is 6.20. The minimum Gasteiger partial charge on any atom is -0.360 e. The summed E-state index contributed by atoms with van der Waals surface area (Å²) in [6, 6.07) is 8.86. The van der Waals surface area contributed by atoms with Crippen LogP contribution in [-0.4, -0.2) is 101 Å². The number of aromatic nitrogens is 2. The van der Waals surface area contributed by atoms with Gasteiger partial charge < -0.3 is 20.9 Å². The number of hydrogen-bond donors (Lipinski definition) is 2. The molecule has 0 aliphatic carbocycles. The van der Waals surface area contributed by atoms with Crippen molar-refractivity contribution in [2.24, 2.45) is 5.73 Å². The molecule has 1 amide bonds. The number of piperidine rings is 1. The molecule has 2 saturated heterocycles. The van der Waals surface area contributed by atoms with Gasteiger partial charge in [-0.3, -0.25) is 9.69 Å². The van der Waals surface area contributed by atoms with Crippen LogP contribution in [0.2, 0.25) is 5.02 Å². The lowest BCUT2D eigenvalue weighted by atomic mass is 9.88. The molecular weight excluding hydrogens is 576 g/mol. The number of carbonyl (C=O) groups is 1. The van der Waals surface area contributed by atoms with Gasteiger partial charge in [0.2, 0.25) is 15.9 Å². The Morgan fingerprint density at radius 3 is 2.50 bits per heavy atom. The summed E-state index contributed by atoms with van der Waals surface area (Å²) in [5.41, 5.74) is 6.02. The van der Waals surface area contributed by atoms with E-state index in [2.05, 4.69) is 27.3 Å². The number of hydrogen-bond acceptors (Lipinski definition) is 8. The van der Waals surface area contributed by atoms with E-state index in [1.54, 1.807) is 31.2 Å². The normalized spacial score (nSPS) is 29.5. The van der Waals surface area contributed by atoms with Gasteiger partial charge in [0, 0.05) is 57.4 Å². The summed E-state index contributed by atoms with van der Waals surface area (Å²) in [7, 11) is -0.230. The molecule has 2 aromatic rings. The van der Waals surface area contributed by atoms with E-state index in [1.807, 2.05) is 16.6 Å². The van der Waals surface area contributed by atoms with Crippen LogP contribution < -0.4 is 11.1 Å². The molecule has 5 heterocycles. The van der Waals surface area contributed by atoms with Gasteiger partial charge in [-0.15, -0.1) is 0 Å². The van der Waals surface area contributed by atoms with Gasteiger partial charge in [0.15, 0.2) is 0 Å². The van der Waals surface area contributed by atoms with E-state index in [9.17, 15) is 13.2 Å². The largest absolute Gasteiger partial charge is 0.360 e. The molecule has 1 aromatic heterocycles. The first-order valence-corrected chi connectivity index (χ1v) is 16.8. The van der Waals surface area contributed by atoms with Crippen LogP contribution in [0.3, 0.4) is 0 Å². The van der Waals surface area contributed by atoms with Crippen LogP contribution in [-0.2, 0) is 20.4 Å². The lowest BCUT2D eigenvalue weighted by molar-refractivity contribution is -0.145. The van der Waals surface area contributed by atoms with Crippen LogP contribution in [0, 0.1) is 0 Å². The van der Waals surface area contributed by atoms with Crippen LogP contribution in [0.25, 0.3) is 5.82 Å². The minimum absolute atomic E-state index is 0.0236. The molecule has 0 spiro atoms. The topological polar surface area (TPSA) is 120 Å². The van der Waals surface area contributed by atoms with Crippen molar-refractivity contribution < 1.29 is 13.2 Å². The van der Waals surface area contributed by atoms with Crippen LogP contribution in [0.15, 0.2) is 36.4 Å². The molecule has 0 radical (unpaired) electrons. The Morgan fingerprint density at radius 1 is 1.07 bits per heavy atom. The minimum atomic E-state index is -3.78. The zero-order chi connectivity index (χ0) is 29.8. The molecule has 1 aromatic carbocycles. The third-order valence-corrected chi connectivity index (χ3v) is 11.6. The second-order valence-electron chi connectivity index (χ2n) is 12.2. The molecule has 42 heavy (non-hydrogen) atoms. The number of nitrogens with one attached hydrogen (secondary N) is 1. The van der Waals surface area contributed by atoms with Crippen molar-refractivity contribution in [2.75, 3.05) is 51.3 Å². The second-order valence-corrected chi connectivity index (χ2v) is 14.8. The van der Waals surface area contributed by atoms with E-state index in [-0.39, 0.29) is 29.9 Å². The number of rotatable bonds is 2. The number of likely N-dealkylation sites (N-methyl/N-ethyl adjacent to an activating group) is 1. The maximum absolute atomic E-state index is 14.7. The summed E-state index contributed by atoms with van der Waals surface area (Å²) in [6.07, 6.45) is 5.80. The zero-order valence-electron chi connectivity index (χ0n) is 24.5. The Labute approximate surface area is 253 Å². The maximum atomic E-state index is 14.7. The van der Waals surface area contributed by atoms with Crippen molar-refractivity contribution in [1.82, 2.24) is 28.8 Å². The number of nitrogens with zero attached hydrogens (tertiary/aromatic N) is 6. The fourth-order valence-electron chi connectivity index (χ4n) is 6.65. The van der Waals surface area contributed by atoms with Gasteiger partial charge in [-0.1, -0.05) is 23.7 Å². The van der Waals surface area contributed by atoms with E-state index in [1.165, 1.54) is 11.4 Å². The highest BCUT2D eigenvalue weighted by atomic mass is 35.5. The van der Waals surface area contributed by atoms with E-state index in [0.717, 1.165) is 49.7 Å². The highest BCUT2D eigenvalue weighted by molar-refractivity contribution is 7.89. The molecule has 6 rings (SSSR count). The lowest BCUT2D eigenvalue weighted by Crippen LogP contribution is -2.61. The number of nitrogens with two attached hydrogens (primary N) is 1. The number of carbonyl (C=O) groups excluding carboxylic acids is 1. The summed E-state index contributed by atoms with van der Waals surface area (Å²) < 4.78 is 30.8. The van der Waals surface area contributed by atoms with Crippen molar-refractivity contribution in [2.45, 2.75) is 62.8 Å². The molecule has 3 unspecified atom stereocenters. The van der Waals surface area contributed by atoms with E-state index >= 15 is 0 Å². The van der Waals surface area contributed by atoms with Crippen LogP contribution >= 0.6 is 11.6 Å². The fourth-order valence-corrected chi connectivity index (χ4v) is 8.35. The van der Waals surface area contributed by atoms with Gasteiger partial charge in [-0.25, -0.2) is 13.1 Å². The van der Waals surface area contributed by atoms with Gasteiger partial charge >= 0.3 is 0 Å². The van der Waals surface area contributed by atoms with Gasteiger partial charge in [0.05, 0.1) is 17.5 Å². The van der Waals surface area contributed by atoms with Crippen LogP contribution in [0.5, 0.6) is 0 Å². The number of anilines is 1. The number of amides is 1. The first-order chi connectivity index (χ1) is 20.0. The molecule has 4 aliphatic heterocycles. The third-order valence-electron chi connectivity index (χ3n) is 9.39. The Kier molecular flexibility index (Phi) is 7.80. The van der Waals surface area contributed by atoms with Crippen molar-refractivity contribution in [1.29, 1.82) is 0 Å². The average Bonchev–Trinajstić information content (AvgIpc) is 3.40. The molecule has 4 aliphatic rings. The van der Waals surface area contributed by atoms with Gasteiger partial charge in [-0.2, -0.15) is 9.40 Å². The number of halogens is 1. The summed E-state index contributed by atoms with van der Waals surface area (Å²) in [5, 5.41) is 9.24. The van der Waals surface area contributed by atoms with E-state index < -0.39 is 15.6 Å². The second kappa shape index (κ2) is 11.1. The number of fused-ring (bicyclic) bond motifs is 3. The summed E-state index contributed by atoms with van der Waals surface area (Å²) in [5.74, 6) is 1.51. The summed E-state index contributed by atoms with van der Waals surface area (Å²) in [4.78, 5) is 21.0. The van der Waals surface area contributed by atoms with Crippen molar-refractivity contribution in [3.05, 3.63) is 52.7 Å². The Balaban J connectivity index is 1.45. The average molecular weight is 617 g/mol. The molecule has 13 heteroatoms. The quantitative estimate of drug-likeness (QED) is 0.529. The van der Waals surface area contributed by atoms with E-state index in [4.69, 9.17) is 22.4 Å². The van der Waals surface area contributed by atoms with E-state index in [0.29, 0.717) is 36.5 Å². The molecule has 0 saturated carbocycles. The predicted molar refractivity (Wildman–Crippen MR) is 164 cm³/mol. The van der Waals surface area contributed by atoms with Crippen LogP contribution in [0.1, 0.15) is 56.3 Å². The van der Waals surface area contributed by atoms with Gasteiger partial charge in [0.25, 0.3) is 0 Å². The monoisotopic (exact) mass is 616 g/mol. The zero-order valence-corrected chi connectivity index (χ0v) is 26.1. The Morgan fingerprint density at radius 2 is 1.79 bits per heavy atom. The van der Waals surface area contributed by atoms with Crippen molar-refractivity contribution >= 4 is 39.2 Å². The Hall–Kier alpha value is -2.64. The summed E-state index contributed by atoms with van der Waals surface area (Å²) in [6.45, 7) is 4.52. The SMILES string of the molecule is CN1CCCCS(=O)(=O)N(C)C(C)(c2ccc(Cl)cc2)C(=O)N2CCCCC2c2cc3n(n2)C1=CC(N1CC(N)C1)N3. The molecule has 228 valence electrons. The number of sulfonamides is 1. The van der Waals surface area contributed by atoms with Crippen molar-refractivity contribution in [3.63, 3.8) is 0 Å². The molecule has 2 fully saturated rings. The Bertz CT molecular complexity index is 1470. The first-order valence-electron chi connectivity index (χ1n) is 14.8. The van der Waals surface area contributed by atoms with Crippen molar-refractivity contribution in [3.8, 4) is 0 Å². The highest BCUT2D eigenvalue weighted by Crippen LogP contribution is 2.40. The predicted octanol–water partition coefficient (Wildman–Crippen LogP) is 2.69. The molecule has 3 N–H and O–H groups in total. The molecule has 3 atom stereocenters. The number of benzene rings is 1. The first kappa shape index (κ1) is 29.4. The molecule has 2 bridgehead atoms. The smallest absolute Gasteiger partial charge is 0.248 e.